The molecule has 1 N–H and O–H groups in total. The number of carbonyl (C=O) groups excluding carboxylic acids is 2. The molecular formula is C29H37N3O5S. The summed E-state index contributed by atoms with van der Waals surface area (Å²) < 4.78 is 15.9. The molecule has 0 atom stereocenters. The van der Waals surface area contributed by atoms with Crippen LogP contribution >= 0.6 is 11.3 Å². The Hall–Kier alpha value is -3.56. The maximum Gasteiger partial charge on any atom is 0.318 e. The second-order valence-corrected chi connectivity index (χ2v) is 9.78. The highest BCUT2D eigenvalue weighted by molar-refractivity contribution is 7.09. The van der Waals surface area contributed by atoms with Gasteiger partial charge in [-0.1, -0.05) is 42.5 Å². The number of methoxy groups -OCH3 is 3. The topological polar surface area (TPSA) is 80.3 Å². The highest BCUT2D eigenvalue weighted by Gasteiger charge is 2.22. The number of amides is 3. The summed E-state index contributed by atoms with van der Waals surface area (Å²) in [6.07, 6.45) is 1.28. The molecule has 0 aliphatic carbocycles. The maximum absolute atomic E-state index is 13.6. The van der Waals surface area contributed by atoms with E-state index in [9.17, 15) is 9.59 Å². The van der Waals surface area contributed by atoms with Gasteiger partial charge in [-0.2, -0.15) is 0 Å². The van der Waals surface area contributed by atoms with Crippen LogP contribution in [-0.4, -0.2) is 69.3 Å². The number of carbonyl (C=O) groups is 2. The number of nitrogens with zero attached hydrogens (tertiary/aromatic N) is 2. The van der Waals surface area contributed by atoms with Crippen LogP contribution in [0.4, 0.5) is 4.79 Å². The molecule has 9 heteroatoms. The zero-order chi connectivity index (χ0) is 27.2. The standard InChI is InChI=1S/C29H37N3O5S/c1-35-17-8-15-32(29(34)30-20-24-9-5-4-6-10-24)22-28(33)31(21-25-11-7-18-38-25)16-14-23-12-13-26(36-2)27(19-23)37-3/h4-7,9-13,18-19H,8,14-17,20-22H2,1-3H3,(H,30,34). The minimum absolute atomic E-state index is 0.0123. The van der Waals surface area contributed by atoms with Gasteiger partial charge in [0.05, 0.1) is 20.8 Å². The minimum Gasteiger partial charge on any atom is -0.493 e. The summed E-state index contributed by atoms with van der Waals surface area (Å²) in [6.45, 7) is 2.30. The van der Waals surface area contributed by atoms with E-state index in [1.165, 1.54) is 0 Å². The van der Waals surface area contributed by atoms with Gasteiger partial charge in [0.25, 0.3) is 0 Å². The van der Waals surface area contributed by atoms with E-state index in [1.807, 2.05) is 70.9 Å². The van der Waals surface area contributed by atoms with E-state index in [-0.39, 0.29) is 18.5 Å². The van der Waals surface area contributed by atoms with Crippen LogP contribution in [0.15, 0.2) is 66.0 Å². The maximum atomic E-state index is 13.6. The Balaban J connectivity index is 1.69. The summed E-state index contributed by atoms with van der Waals surface area (Å²) in [4.78, 5) is 31.1. The van der Waals surface area contributed by atoms with Crippen molar-refractivity contribution in [3.05, 3.63) is 82.0 Å². The van der Waals surface area contributed by atoms with Gasteiger partial charge >= 0.3 is 6.03 Å². The molecule has 0 bridgehead atoms. The van der Waals surface area contributed by atoms with E-state index in [2.05, 4.69) is 5.32 Å². The van der Waals surface area contributed by atoms with E-state index < -0.39 is 0 Å². The fraction of sp³-hybridized carbons (Fsp3) is 0.379. The lowest BCUT2D eigenvalue weighted by molar-refractivity contribution is -0.132. The zero-order valence-electron chi connectivity index (χ0n) is 22.4. The first-order valence-electron chi connectivity index (χ1n) is 12.6. The first-order valence-corrected chi connectivity index (χ1v) is 13.5. The number of hydrogen-bond donors (Lipinski definition) is 1. The summed E-state index contributed by atoms with van der Waals surface area (Å²) in [6, 6.07) is 19.2. The van der Waals surface area contributed by atoms with Crippen molar-refractivity contribution < 1.29 is 23.8 Å². The minimum atomic E-state index is -0.269. The van der Waals surface area contributed by atoms with E-state index in [4.69, 9.17) is 14.2 Å². The summed E-state index contributed by atoms with van der Waals surface area (Å²) in [5.74, 6) is 1.21. The Kier molecular flexibility index (Phi) is 11.9. The molecule has 0 saturated heterocycles. The smallest absolute Gasteiger partial charge is 0.318 e. The largest absolute Gasteiger partial charge is 0.493 e. The average molecular weight is 540 g/mol. The molecular weight excluding hydrogens is 502 g/mol. The second-order valence-electron chi connectivity index (χ2n) is 8.75. The molecule has 0 unspecified atom stereocenters. The number of rotatable bonds is 15. The fourth-order valence-electron chi connectivity index (χ4n) is 3.98. The molecule has 0 saturated carbocycles. The van der Waals surface area contributed by atoms with Crippen LogP contribution in [0, 0.1) is 0 Å². The summed E-state index contributed by atoms with van der Waals surface area (Å²) in [5.41, 5.74) is 2.03. The third kappa shape index (κ3) is 9.08. The first-order chi connectivity index (χ1) is 18.5. The van der Waals surface area contributed by atoms with Crippen molar-refractivity contribution in [1.29, 1.82) is 0 Å². The van der Waals surface area contributed by atoms with Gasteiger partial charge < -0.3 is 29.3 Å². The van der Waals surface area contributed by atoms with Crippen molar-refractivity contribution >= 4 is 23.3 Å². The van der Waals surface area contributed by atoms with E-state index >= 15 is 0 Å². The molecule has 8 nitrogen and oxygen atoms in total. The summed E-state index contributed by atoms with van der Waals surface area (Å²) >= 11 is 1.61. The van der Waals surface area contributed by atoms with Crippen molar-refractivity contribution in [1.82, 2.24) is 15.1 Å². The first kappa shape index (κ1) is 29.0. The van der Waals surface area contributed by atoms with Crippen LogP contribution in [-0.2, 0) is 29.0 Å². The number of nitrogens with one attached hydrogen (secondary N) is 1. The Bertz CT molecular complexity index is 1120. The lowest BCUT2D eigenvalue weighted by atomic mass is 10.1. The van der Waals surface area contributed by atoms with Gasteiger partial charge in [-0.3, -0.25) is 4.79 Å². The average Bonchev–Trinajstić information content (AvgIpc) is 3.47. The van der Waals surface area contributed by atoms with Crippen molar-refractivity contribution in [2.24, 2.45) is 0 Å². The van der Waals surface area contributed by atoms with Gasteiger partial charge in [0.15, 0.2) is 11.5 Å². The van der Waals surface area contributed by atoms with Crippen molar-refractivity contribution in [3.63, 3.8) is 0 Å². The molecule has 3 aromatic rings. The van der Waals surface area contributed by atoms with E-state index in [1.54, 1.807) is 37.6 Å². The predicted molar refractivity (Wildman–Crippen MR) is 150 cm³/mol. The van der Waals surface area contributed by atoms with Crippen LogP contribution in [0.1, 0.15) is 22.4 Å². The Labute approximate surface area is 229 Å². The highest BCUT2D eigenvalue weighted by Crippen LogP contribution is 2.28. The van der Waals surface area contributed by atoms with Crippen molar-refractivity contribution in [2.75, 3.05) is 47.6 Å². The van der Waals surface area contributed by atoms with Crippen LogP contribution < -0.4 is 14.8 Å². The van der Waals surface area contributed by atoms with Gasteiger partial charge in [0.2, 0.25) is 5.91 Å². The molecule has 0 spiro atoms. The van der Waals surface area contributed by atoms with Gasteiger partial charge in [0.1, 0.15) is 6.54 Å². The van der Waals surface area contributed by atoms with Gasteiger partial charge in [-0.05, 0) is 47.5 Å². The lowest BCUT2D eigenvalue weighted by Gasteiger charge is -2.28. The Morgan fingerprint density at radius 1 is 0.868 bits per heavy atom. The number of urea groups is 1. The molecule has 2 aromatic carbocycles. The molecule has 0 aliphatic heterocycles. The molecule has 204 valence electrons. The van der Waals surface area contributed by atoms with E-state index in [0.717, 1.165) is 16.0 Å². The number of benzene rings is 2. The van der Waals surface area contributed by atoms with Crippen LogP contribution in [0.25, 0.3) is 0 Å². The molecule has 0 aliphatic rings. The monoisotopic (exact) mass is 539 g/mol. The van der Waals surface area contributed by atoms with Crippen LogP contribution in [0.3, 0.4) is 0 Å². The number of thiophene rings is 1. The third-order valence-corrected chi connectivity index (χ3v) is 6.94. The Morgan fingerprint density at radius 3 is 2.34 bits per heavy atom. The quantitative estimate of drug-likeness (QED) is 0.286. The van der Waals surface area contributed by atoms with Gasteiger partial charge in [0, 0.05) is 38.2 Å². The SMILES string of the molecule is COCCCN(CC(=O)N(CCc1ccc(OC)c(OC)c1)Cc1cccs1)C(=O)NCc1ccccc1. The van der Waals surface area contributed by atoms with Gasteiger partial charge in [-0.25, -0.2) is 4.79 Å². The predicted octanol–water partition coefficient (Wildman–Crippen LogP) is 4.58. The molecule has 3 amide bonds. The highest BCUT2D eigenvalue weighted by atomic mass is 32.1. The zero-order valence-corrected chi connectivity index (χ0v) is 23.2. The molecule has 1 aromatic heterocycles. The van der Waals surface area contributed by atoms with Crippen LogP contribution in [0.5, 0.6) is 11.5 Å². The molecule has 3 rings (SSSR count). The number of hydrogen-bond acceptors (Lipinski definition) is 6. The van der Waals surface area contributed by atoms with Gasteiger partial charge in [-0.15, -0.1) is 11.3 Å². The number of ether oxygens (including phenoxy) is 3. The Morgan fingerprint density at radius 2 is 1.66 bits per heavy atom. The third-order valence-electron chi connectivity index (χ3n) is 6.07. The van der Waals surface area contributed by atoms with Crippen molar-refractivity contribution in [2.45, 2.75) is 25.9 Å². The summed E-state index contributed by atoms with van der Waals surface area (Å²) in [7, 11) is 4.84. The lowest BCUT2D eigenvalue weighted by Crippen LogP contribution is -2.47. The normalized spacial score (nSPS) is 10.6. The van der Waals surface area contributed by atoms with E-state index in [0.29, 0.717) is 57.1 Å². The molecule has 38 heavy (non-hydrogen) atoms. The van der Waals surface area contributed by atoms with Crippen molar-refractivity contribution in [3.8, 4) is 11.5 Å². The second kappa shape index (κ2) is 15.6. The van der Waals surface area contributed by atoms with Crippen LogP contribution in [0.2, 0.25) is 0 Å². The fourth-order valence-corrected chi connectivity index (χ4v) is 4.70. The summed E-state index contributed by atoms with van der Waals surface area (Å²) in [5, 5.41) is 4.95. The molecule has 0 radical (unpaired) electrons. The molecule has 0 fully saturated rings. The molecule has 1 heterocycles.